The number of nitrogens with one attached hydrogen (secondary N) is 3. The summed E-state index contributed by atoms with van der Waals surface area (Å²) in [5, 5.41) is 40.7. The Kier molecular flexibility index (Phi) is 8.22. The van der Waals surface area contributed by atoms with Crippen molar-refractivity contribution in [1.29, 1.82) is 0 Å². The quantitative estimate of drug-likeness (QED) is 0.178. The number of rotatable bonds is 9. The summed E-state index contributed by atoms with van der Waals surface area (Å²) in [6, 6.07) is 18.8. The van der Waals surface area contributed by atoms with Gasteiger partial charge in [-0.2, -0.15) is 0 Å². The lowest BCUT2D eigenvalue weighted by Gasteiger charge is -2.12. The second-order valence-corrected chi connectivity index (χ2v) is 8.58. The number of benzene rings is 4. The maximum atomic E-state index is 13.1. The largest absolute Gasteiger partial charge is 0.322 e. The van der Waals surface area contributed by atoms with Crippen molar-refractivity contribution in [2.75, 3.05) is 16.0 Å². The van der Waals surface area contributed by atoms with E-state index in [1.54, 1.807) is 0 Å². The van der Waals surface area contributed by atoms with Crippen molar-refractivity contribution >= 4 is 51.8 Å². The van der Waals surface area contributed by atoms with Crippen LogP contribution in [0.4, 0.5) is 34.1 Å². The standard InChI is InChI=1S/C27H18N6O9/c34-25(28-19-4-1-7-22(13-19)31(37)38)16-10-17(26(35)29-20-5-2-8-23(14-20)32(39)40)12-18(11-16)27(36)30-21-6-3-9-24(15-21)33(41)42/h1-15H,(H,28,34)(H,29,35)(H,30,36). The second-order valence-electron chi connectivity index (χ2n) is 8.58. The number of nitro groups is 3. The fourth-order valence-corrected chi connectivity index (χ4v) is 3.72. The van der Waals surface area contributed by atoms with Crippen LogP contribution in [0.15, 0.2) is 91.0 Å². The summed E-state index contributed by atoms with van der Waals surface area (Å²) in [5.41, 5.74) is -1.18. The summed E-state index contributed by atoms with van der Waals surface area (Å²) in [5.74, 6) is -2.44. The Morgan fingerprint density at radius 2 is 0.714 bits per heavy atom. The molecule has 4 rings (SSSR count). The van der Waals surface area contributed by atoms with Crippen LogP contribution < -0.4 is 16.0 Å². The molecule has 0 aliphatic carbocycles. The monoisotopic (exact) mass is 570 g/mol. The number of nitrogens with zero attached hydrogens (tertiary/aromatic N) is 3. The van der Waals surface area contributed by atoms with Gasteiger partial charge in [0.1, 0.15) is 0 Å². The zero-order valence-corrected chi connectivity index (χ0v) is 21.2. The predicted octanol–water partition coefficient (Wildman–Crippen LogP) is 5.17. The van der Waals surface area contributed by atoms with E-state index >= 15 is 0 Å². The van der Waals surface area contributed by atoms with Gasteiger partial charge in [-0.1, -0.05) is 18.2 Å². The molecule has 15 nitrogen and oxygen atoms in total. The third-order valence-corrected chi connectivity index (χ3v) is 5.66. The van der Waals surface area contributed by atoms with Crippen molar-refractivity contribution < 1.29 is 29.2 Å². The first kappa shape index (κ1) is 28.5. The maximum absolute atomic E-state index is 13.1. The molecular weight excluding hydrogens is 552 g/mol. The Hall–Kier alpha value is -6.51. The average molecular weight is 570 g/mol. The number of anilines is 3. The summed E-state index contributed by atoms with van der Waals surface area (Å²) < 4.78 is 0. The Bertz CT molecular complexity index is 1560. The van der Waals surface area contributed by atoms with Gasteiger partial charge in [0.2, 0.25) is 0 Å². The topological polar surface area (TPSA) is 217 Å². The normalized spacial score (nSPS) is 10.3. The number of nitro benzene ring substituents is 3. The minimum absolute atomic E-state index is 0.0725. The summed E-state index contributed by atoms with van der Waals surface area (Å²) in [4.78, 5) is 70.7. The molecule has 3 amide bonds. The summed E-state index contributed by atoms with van der Waals surface area (Å²) in [6.07, 6.45) is 0. The summed E-state index contributed by atoms with van der Waals surface area (Å²) in [7, 11) is 0. The van der Waals surface area contributed by atoms with Gasteiger partial charge in [0, 0.05) is 70.2 Å². The molecule has 0 spiro atoms. The second kappa shape index (κ2) is 12.1. The zero-order valence-electron chi connectivity index (χ0n) is 21.2. The number of carbonyl (C=O) groups excluding carboxylic acids is 3. The molecule has 0 saturated carbocycles. The zero-order chi connectivity index (χ0) is 30.4. The Balaban J connectivity index is 1.68. The maximum Gasteiger partial charge on any atom is 0.271 e. The van der Waals surface area contributed by atoms with Crippen molar-refractivity contribution in [3.63, 3.8) is 0 Å². The lowest BCUT2D eigenvalue weighted by molar-refractivity contribution is -0.385. The van der Waals surface area contributed by atoms with Crippen LogP contribution in [0.1, 0.15) is 31.1 Å². The molecule has 0 atom stereocenters. The molecule has 42 heavy (non-hydrogen) atoms. The fraction of sp³-hybridized carbons (Fsp3) is 0. The lowest BCUT2D eigenvalue weighted by atomic mass is 10.0. The van der Waals surface area contributed by atoms with Crippen molar-refractivity contribution in [3.05, 3.63) is 138 Å². The van der Waals surface area contributed by atoms with E-state index in [1.807, 2.05) is 0 Å². The van der Waals surface area contributed by atoms with Crippen molar-refractivity contribution in [2.24, 2.45) is 0 Å². The van der Waals surface area contributed by atoms with Gasteiger partial charge in [-0.05, 0) is 36.4 Å². The number of amides is 3. The van der Waals surface area contributed by atoms with E-state index in [0.717, 1.165) is 36.4 Å². The molecular formula is C27H18N6O9. The highest BCUT2D eigenvalue weighted by Crippen LogP contribution is 2.22. The molecule has 0 bridgehead atoms. The smallest absolute Gasteiger partial charge is 0.271 e. The summed E-state index contributed by atoms with van der Waals surface area (Å²) >= 11 is 0. The molecule has 0 heterocycles. The lowest BCUT2D eigenvalue weighted by Crippen LogP contribution is -2.19. The highest BCUT2D eigenvalue weighted by molar-refractivity contribution is 6.13. The number of hydrogen-bond donors (Lipinski definition) is 3. The molecule has 0 fully saturated rings. The van der Waals surface area contributed by atoms with E-state index in [-0.39, 0.29) is 50.8 Å². The van der Waals surface area contributed by atoms with Crippen LogP contribution in [0.5, 0.6) is 0 Å². The van der Waals surface area contributed by atoms with Gasteiger partial charge in [0.15, 0.2) is 0 Å². The Morgan fingerprint density at radius 3 is 0.952 bits per heavy atom. The van der Waals surface area contributed by atoms with Gasteiger partial charge >= 0.3 is 0 Å². The third kappa shape index (κ3) is 6.92. The molecule has 0 aliphatic heterocycles. The van der Waals surface area contributed by atoms with E-state index < -0.39 is 32.5 Å². The van der Waals surface area contributed by atoms with E-state index in [9.17, 15) is 44.7 Å². The Labute approximate surface area is 235 Å². The van der Waals surface area contributed by atoms with Crippen molar-refractivity contribution in [2.45, 2.75) is 0 Å². The van der Waals surface area contributed by atoms with Crippen LogP contribution in [0.3, 0.4) is 0 Å². The van der Waals surface area contributed by atoms with Crippen LogP contribution in [-0.4, -0.2) is 32.5 Å². The summed E-state index contributed by atoms with van der Waals surface area (Å²) in [6.45, 7) is 0. The SMILES string of the molecule is O=C(Nc1cccc([N+](=O)[O-])c1)c1cc(C(=O)Nc2cccc([N+](=O)[O-])c2)cc(C(=O)Nc2cccc([N+](=O)[O-])c2)c1. The third-order valence-electron chi connectivity index (χ3n) is 5.66. The highest BCUT2D eigenvalue weighted by atomic mass is 16.6. The molecule has 0 unspecified atom stereocenters. The first-order chi connectivity index (χ1) is 20.0. The molecule has 0 aromatic heterocycles. The van der Waals surface area contributed by atoms with Crippen LogP contribution >= 0.6 is 0 Å². The highest BCUT2D eigenvalue weighted by Gasteiger charge is 2.19. The van der Waals surface area contributed by atoms with Gasteiger partial charge in [0.05, 0.1) is 14.8 Å². The molecule has 15 heteroatoms. The van der Waals surface area contributed by atoms with E-state index in [4.69, 9.17) is 0 Å². The first-order valence-corrected chi connectivity index (χ1v) is 11.8. The van der Waals surface area contributed by atoms with E-state index in [0.29, 0.717) is 0 Å². The van der Waals surface area contributed by atoms with E-state index in [2.05, 4.69) is 16.0 Å². The minimum Gasteiger partial charge on any atom is -0.322 e. The predicted molar refractivity (Wildman–Crippen MR) is 150 cm³/mol. The average Bonchev–Trinajstić information content (AvgIpc) is 2.97. The molecule has 4 aromatic rings. The van der Waals surface area contributed by atoms with Crippen molar-refractivity contribution in [1.82, 2.24) is 0 Å². The van der Waals surface area contributed by atoms with Crippen LogP contribution in [0, 0.1) is 30.3 Å². The number of hydrogen-bond acceptors (Lipinski definition) is 9. The first-order valence-electron chi connectivity index (χ1n) is 11.8. The van der Waals surface area contributed by atoms with Crippen LogP contribution in [0.25, 0.3) is 0 Å². The van der Waals surface area contributed by atoms with Crippen LogP contribution in [0.2, 0.25) is 0 Å². The minimum atomic E-state index is -0.815. The number of carbonyl (C=O) groups is 3. The van der Waals surface area contributed by atoms with Gasteiger partial charge in [-0.15, -0.1) is 0 Å². The molecule has 0 saturated heterocycles. The Morgan fingerprint density at radius 1 is 0.452 bits per heavy atom. The molecule has 3 N–H and O–H groups in total. The molecule has 210 valence electrons. The van der Waals surface area contributed by atoms with Crippen LogP contribution in [-0.2, 0) is 0 Å². The number of non-ortho nitro benzene ring substituents is 3. The van der Waals surface area contributed by atoms with Crippen molar-refractivity contribution in [3.8, 4) is 0 Å². The van der Waals surface area contributed by atoms with Gasteiger partial charge in [-0.25, -0.2) is 0 Å². The molecule has 0 aliphatic rings. The van der Waals surface area contributed by atoms with E-state index in [1.165, 1.54) is 54.6 Å². The fourth-order valence-electron chi connectivity index (χ4n) is 3.72. The van der Waals surface area contributed by atoms with Gasteiger partial charge in [-0.3, -0.25) is 44.7 Å². The molecule has 4 aromatic carbocycles. The van der Waals surface area contributed by atoms with Gasteiger partial charge < -0.3 is 16.0 Å². The van der Waals surface area contributed by atoms with Gasteiger partial charge in [0.25, 0.3) is 34.8 Å². The molecule has 0 radical (unpaired) electrons.